The van der Waals surface area contributed by atoms with Crippen molar-refractivity contribution in [2.75, 3.05) is 0 Å². The minimum atomic E-state index is 0.280. The topological polar surface area (TPSA) is 46.0 Å². The second kappa shape index (κ2) is 3.84. The van der Waals surface area contributed by atoms with Crippen LogP contribution in [0.15, 0.2) is 30.5 Å². The van der Waals surface area contributed by atoms with Crippen LogP contribution in [0.5, 0.6) is 5.75 Å². The van der Waals surface area contributed by atoms with Crippen LogP contribution in [-0.2, 0) is 0 Å². The normalized spacial score (nSPS) is 14.9. The molecule has 1 saturated carbocycles. The summed E-state index contributed by atoms with van der Waals surface area (Å²) in [6.07, 6.45) is 4.33. The van der Waals surface area contributed by atoms with Gasteiger partial charge in [-0.1, -0.05) is 12.1 Å². The zero-order valence-electron chi connectivity index (χ0n) is 9.72. The monoisotopic (exact) mass is 226 g/mol. The van der Waals surface area contributed by atoms with Crippen LogP contribution in [0.2, 0.25) is 0 Å². The Labute approximate surface area is 100 Å². The molecule has 0 aliphatic heterocycles. The molecule has 1 aliphatic carbocycles. The molecule has 0 bridgehead atoms. The van der Waals surface area contributed by atoms with Crippen molar-refractivity contribution in [1.29, 1.82) is 0 Å². The van der Waals surface area contributed by atoms with E-state index in [-0.39, 0.29) is 5.75 Å². The minimum Gasteiger partial charge on any atom is -0.508 e. The lowest BCUT2D eigenvalue weighted by atomic mass is 10.1. The molecular formula is C14H14N2O. The number of nitrogens with zero attached hydrogens (tertiary/aromatic N) is 2. The highest BCUT2D eigenvalue weighted by Gasteiger charge is 2.26. The molecule has 86 valence electrons. The van der Waals surface area contributed by atoms with Crippen molar-refractivity contribution in [2.45, 2.75) is 25.7 Å². The van der Waals surface area contributed by atoms with E-state index in [1.165, 1.54) is 12.8 Å². The van der Waals surface area contributed by atoms with Crippen molar-refractivity contribution < 1.29 is 5.11 Å². The van der Waals surface area contributed by atoms with Gasteiger partial charge in [0.2, 0.25) is 0 Å². The first-order valence-electron chi connectivity index (χ1n) is 5.87. The van der Waals surface area contributed by atoms with E-state index in [9.17, 15) is 5.11 Å². The van der Waals surface area contributed by atoms with Crippen molar-refractivity contribution in [1.82, 2.24) is 9.97 Å². The first-order valence-corrected chi connectivity index (χ1v) is 5.87. The van der Waals surface area contributed by atoms with Crippen molar-refractivity contribution >= 4 is 0 Å². The molecule has 17 heavy (non-hydrogen) atoms. The summed E-state index contributed by atoms with van der Waals surface area (Å²) in [6, 6.07) is 7.14. The number of aryl methyl sites for hydroxylation is 1. The van der Waals surface area contributed by atoms with Crippen LogP contribution in [-0.4, -0.2) is 15.1 Å². The zero-order chi connectivity index (χ0) is 11.8. The Morgan fingerprint density at radius 2 is 1.88 bits per heavy atom. The summed E-state index contributed by atoms with van der Waals surface area (Å²) >= 11 is 0. The Bertz CT molecular complexity index is 545. The molecule has 0 radical (unpaired) electrons. The van der Waals surface area contributed by atoms with E-state index in [1.807, 2.05) is 25.3 Å². The number of aromatic hydroxyl groups is 1. The predicted octanol–water partition coefficient (Wildman–Crippen LogP) is 3.04. The highest BCUT2D eigenvalue weighted by Crippen LogP contribution is 2.38. The van der Waals surface area contributed by atoms with Gasteiger partial charge in [0, 0.05) is 23.4 Å². The largest absolute Gasteiger partial charge is 0.508 e. The molecule has 1 N–H and O–H groups in total. The molecule has 3 nitrogen and oxygen atoms in total. The Morgan fingerprint density at radius 3 is 2.47 bits per heavy atom. The van der Waals surface area contributed by atoms with Crippen LogP contribution in [0.4, 0.5) is 0 Å². The summed E-state index contributed by atoms with van der Waals surface area (Å²) in [4.78, 5) is 8.99. The third kappa shape index (κ3) is 2.00. The van der Waals surface area contributed by atoms with Gasteiger partial charge < -0.3 is 5.11 Å². The summed E-state index contributed by atoms with van der Waals surface area (Å²) in [6.45, 7) is 2.01. The molecule has 0 atom stereocenters. The van der Waals surface area contributed by atoms with Crippen LogP contribution < -0.4 is 0 Å². The number of hydrogen-bond acceptors (Lipinski definition) is 3. The maximum Gasteiger partial charge on any atom is 0.131 e. The van der Waals surface area contributed by atoms with E-state index in [4.69, 9.17) is 0 Å². The van der Waals surface area contributed by atoms with Gasteiger partial charge in [0.1, 0.15) is 11.6 Å². The fourth-order valence-corrected chi connectivity index (χ4v) is 1.95. The molecule has 1 aromatic heterocycles. The number of aromatic nitrogens is 2. The number of phenols is 1. The van der Waals surface area contributed by atoms with E-state index in [1.54, 1.807) is 12.1 Å². The van der Waals surface area contributed by atoms with Crippen LogP contribution >= 0.6 is 0 Å². The van der Waals surface area contributed by atoms with Crippen LogP contribution in [0.25, 0.3) is 11.1 Å². The Hall–Kier alpha value is -1.90. The van der Waals surface area contributed by atoms with E-state index in [0.29, 0.717) is 5.92 Å². The summed E-state index contributed by atoms with van der Waals surface area (Å²) in [5.74, 6) is 1.84. The van der Waals surface area contributed by atoms with E-state index in [0.717, 1.165) is 22.6 Å². The fourth-order valence-electron chi connectivity index (χ4n) is 1.95. The van der Waals surface area contributed by atoms with E-state index >= 15 is 0 Å². The highest BCUT2D eigenvalue weighted by atomic mass is 16.3. The van der Waals surface area contributed by atoms with Crippen LogP contribution in [0, 0.1) is 6.92 Å². The van der Waals surface area contributed by atoms with E-state index < -0.39 is 0 Å². The van der Waals surface area contributed by atoms with Gasteiger partial charge in [-0.25, -0.2) is 9.97 Å². The Kier molecular flexibility index (Phi) is 2.32. The number of benzene rings is 1. The maximum atomic E-state index is 9.27. The van der Waals surface area contributed by atoms with Gasteiger partial charge in [0.05, 0.1) is 0 Å². The van der Waals surface area contributed by atoms with Crippen molar-refractivity contribution in [3.05, 3.63) is 42.0 Å². The average molecular weight is 226 g/mol. The van der Waals surface area contributed by atoms with Gasteiger partial charge in [-0.2, -0.15) is 0 Å². The molecule has 0 saturated heterocycles. The molecule has 1 fully saturated rings. The molecule has 0 spiro atoms. The first-order chi connectivity index (χ1) is 8.24. The SMILES string of the molecule is Cc1nc(C2CC2)ncc1-c1ccc(O)cc1. The van der Waals surface area contributed by atoms with Gasteiger partial charge >= 0.3 is 0 Å². The van der Waals surface area contributed by atoms with Gasteiger partial charge in [-0.3, -0.25) is 0 Å². The van der Waals surface area contributed by atoms with Crippen molar-refractivity contribution in [2.24, 2.45) is 0 Å². The fraction of sp³-hybridized carbons (Fsp3) is 0.286. The van der Waals surface area contributed by atoms with Gasteiger partial charge in [-0.15, -0.1) is 0 Å². The quantitative estimate of drug-likeness (QED) is 0.856. The molecule has 1 aromatic carbocycles. The van der Waals surface area contributed by atoms with Crippen molar-refractivity contribution in [3.63, 3.8) is 0 Å². The average Bonchev–Trinajstić information content (AvgIpc) is 3.14. The lowest BCUT2D eigenvalue weighted by Crippen LogP contribution is -1.96. The van der Waals surface area contributed by atoms with Crippen molar-refractivity contribution in [3.8, 4) is 16.9 Å². The predicted molar refractivity (Wildman–Crippen MR) is 65.8 cm³/mol. The third-order valence-electron chi connectivity index (χ3n) is 3.12. The van der Waals surface area contributed by atoms with Gasteiger partial charge in [0.25, 0.3) is 0 Å². The molecule has 0 unspecified atom stereocenters. The molecule has 0 amide bonds. The van der Waals surface area contributed by atoms with Gasteiger partial charge in [0.15, 0.2) is 0 Å². The highest BCUT2D eigenvalue weighted by molar-refractivity contribution is 5.65. The molecule has 1 heterocycles. The molecular weight excluding hydrogens is 212 g/mol. The number of rotatable bonds is 2. The Morgan fingerprint density at radius 1 is 1.18 bits per heavy atom. The molecule has 2 aromatic rings. The first kappa shape index (κ1) is 10.3. The summed E-state index contributed by atoms with van der Waals surface area (Å²) < 4.78 is 0. The zero-order valence-corrected chi connectivity index (χ0v) is 9.72. The standard InChI is InChI=1S/C14H14N2O/c1-9-13(10-4-6-12(17)7-5-10)8-15-14(16-9)11-2-3-11/h4-8,11,17H,2-3H2,1H3. The lowest BCUT2D eigenvalue weighted by molar-refractivity contribution is 0.475. The van der Waals surface area contributed by atoms with Gasteiger partial charge in [-0.05, 0) is 37.5 Å². The number of phenolic OH excluding ortho intramolecular Hbond substituents is 1. The Balaban J connectivity index is 1.99. The smallest absolute Gasteiger partial charge is 0.131 e. The third-order valence-corrected chi connectivity index (χ3v) is 3.12. The van der Waals surface area contributed by atoms with Crippen LogP contribution in [0.3, 0.4) is 0 Å². The summed E-state index contributed by atoms with van der Waals surface area (Å²) in [7, 11) is 0. The summed E-state index contributed by atoms with van der Waals surface area (Å²) in [5, 5.41) is 9.27. The molecule has 3 heteroatoms. The lowest BCUT2D eigenvalue weighted by Gasteiger charge is -2.06. The minimum absolute atomic E-state index is 0.280. The molecule has 3 rings (SSSR count). The molecule has 1 aliphatic rings. The number of hydrogen-bond donors (Lipinski definition) is 1. The summed E-state index contributed by atoms with van der Waals surface area (Å²) in [5.41, 5.74) is 3.09. The maximum absolute atomic E-state index is 9.27. The van der Waals surface area contributed by atoms with Crippen LogP contribution in [0.1, 0.15) is 30.3 Å². The second-order valence-electron chi connectivity index (χ2n) is 4.55. The van der Waals surface area contributed by atoms with E-state index in [2.05, 4.69) is 9.97 Å². The second-order valence-corrected chi connectivity index (χ2v) is 4.55.